The summed E-state index contributed by atoms with van der Waals surface area (Å²) in [5, 5.41) is 5.98. The van der Waals surface area contributed by atoms with Crippen LogP contribution in [0.2, 0.25) is 0 Å². The van der Waals surface area contributed by atoms with Gasteiger partial charge < -0.3 is 20.1 Å². The van der Waals surface area contributed by atoms with Crippen LogP contribution >= 0.6 is 0 Å². The van der Waals surface area contributed by atoms with Crippen LogP contribution in [0.15, 0.2) is 78.6 Å². The van der Waals surface area contributed by atoms with Crippen LogP contribution in [0.4, 0.5) is 5.69 Å². The van der Waals surface area contributed by atoms with Gasteiger partial charge in [-0.1, -0.05) is 48.5 Å². The van der Waals surface area contributed by atoms with Crippen LogP contribution < -0.4 is 20.1 Å². The van der Waals surface area contributed by atoms with Crippen LogP contribution in [0.1, 0.15) is 34.3 Å². The number of methoxy groups -OCH3 is 1. The standard InChI is InChI=1S/C29H29N3O4/c1-35-25-10-6-5-9-21(25)18-27-29(34)31-24-17-22(11-12-26(24)36-27)28(33)30-23-13-15-32(16-14-23)19-20-7-3-2-4-8-20/h2-12,17-18,23H,13-16,19H2,1H3,(H,30,33)(H,31,34). The van der Waals surface area contributed by atoms with E-state index in [1.54, 1.807) is 31.4 Å². The van der Waals surface area contributed by atoms with Crippen molar-refractivity contribution in [3.8, 4) is 11.5 Å². The summed E-state index contributed by atoms with van der Waals surface area (Å²) in [5.41, 5.74) is 3.00. The highest BCUT2D eigenvalue weighted by Gasteiger charge is 2.25. The van der Waals surface area contributed by atoms with Gasteiger partial charge in [0.2, 0.25) is 0 Å². The number of piperidine rings is 1. The Morgan fingerprint density at radius 3 is 2.61 bits per heavy atom. The van der Waals surface area contributed by atoms with Crippen molar-refractivity contribution in [2.75, 3.05) is 25.5 Å². The smallest absolute Gasteiger partial charge is 0.291 e. The van der Waals surface area contributed by atoms with E-state index in [2.05, 4.69) is 39.8 Å². The SMILES string of the molecule is COc1ccccc1C=C1Oc2ccc(C(=O)NC3CCN(Cc4ccccc4)CC3)cc2NC1=O. The molecule has 2 aliphatic heterocycles. The van der Waals surface area contributed by atoms with E-state index in [9.17, 15) is 9.59 Å². The molecule has 0 bridgehead atoms. The highest BCUT2D eigenvalue weighted by molar-refractivity contribution is 6.09. The highest BCUT2D eigenvalue weighted by atomic mass is 16.5. The van der Waals surface area contributed by atoms with Crippen molar-refractivity contribution < 1.29 is 19.1 Å². The van der Waals surface area contributed by atoms with Crippen molar-refractivity contribution >= 4 is 23.6 Å². The third-order valence-electron chi connectivity index (χ3n) is 6.53. The molecule has 2 N–H and O–H groups in total. The molecule has 2 aliphatic rings. The first-order valence-corrected chi connectivity index (χ1v) is 12.1. The van der Waals surface area contributed by atoms with E-state index >= 15 is 0 Å². The molecule has 0 spiro atoms. The number of hydrogen-bond acceptors (Lipinski definition) is 5. The zero-order valence-corrected chi connectivity index (χ0v) is 20.2. The molecule has 7 heteroatoms. The normalized spacial score (nSPS) is 17.1. The van der Waals surface area contributed by atoms with Crippen LogP contribution in [0.5, 0.6) is 11.5 Å². The topological polar surface area (TPSA) is 79.9 Å². The third kappa shape index (κ3) is 5.42. The number of amides is 2. The molecule has 0 atom stereocenters. The molecule has 36 heavy (non-hydrogen) atoms. The fraction of sp³-hybridized carbons (Fsp3) is 0.241. The summed E-state index contributed by atoms with van der Waals surface area (Å²) >= 11 is 0. The monoisotopic (exact) mass is 483 g/mol. The van der Waals surface area contributed by atoms with Crippen molar-refractivity contribution in [3.63, 3.8) is 0 Å². The average molecular weight is 484 g/mol. The zero-order valence-electron chi connectivity index (χ0n) is 20.2. The van der Waals surface area contributed by atoms with Crippen LogP contribution in [-0.2, 0) is 11.3 Å². The van der Waals surface area contributed by atoms with Gasteiger partial charge in [0, 0.05) is 36.8 Å². The molecular weight excluding hydrogens is 454 g/mol. The lowest BCUT2D eigenvalue weighted by molar-refractivity contribution is -0.115. The molecule has 2 amide bonds. The number of ether oxygens (including phenoxy) is 2. The second-order valence-corrected chi connectivity index (χ2v) is 9.03. The predicted octanol–water partition coefficient (Wildman–Crippen LogP) is 4.46. The number of para-hydroxylation sites is 1. The maximum Gasteiger partial charge on any atom is 0.291 e. The summed E-state index contributed by atoms with van der Waals surface area (Å²) in [6.45, 7) is 2.81. The summed E-state index contributed by atoms with van der Waals surface area (Å²) in [4.78, 5) is 28.0. The number of hydrogen-bond donors (Lipinski definition) is 2. The van der Waals surface area contributed by atoms with Gasteiger partial charge in [-0.25, -0.2) is 0 Å². The average Bonchev–Trinajstić information content (AvgIpc) is 2.91. The first-order valence-electron chi connectivity index (χ1n) is 12.1. The molecule has 7 nitrogen and oxygen atoms in total. The Hall–Kier alpha value is -4.10. The quantitative estimate of drug-likeness (QED) is 0.506. The fourth-order valence-electron chi connectivity index (χ4n) is 4.57. The molecule has 3 aromatic carbocycles. The van der Waals surface area contributed by atoms with E-state index in [0.29, 0.717) is 22.7 Å². The van der Waals surface area contributed by atoms with Crippen LogP contribution in [0, 0.1) is 0 Å². The van der Waals surface area contributed by atoms with E-state index in [1.165, 1.54) is 5.56 Å². The Balaban J connectivity index is 1.20. The number of benzene rings is 3. The molecule has 0 aliphatic carbocycles. The molecule has 184 valence electrons. The number of carbonyl (C=O) groups excluding carboxylic acids is 2. The summed E-state index contributed by atoms with van der Waals surface area (Å²) in [7, 11) is 1.58. The van der Waals surface area contributed by atoms with Gasteiger partial charge >= 0.3 is 0 Å². The predicted molar refractivity (Wildman–Crippen MR) is 139 cm³/mol. The van der Waals surface area contributed by atoms with Gasteiger partial charge in [-0.3, -0.25) is 14.5 Å². The molecule has 5 rings (SSSR count). The van der Waals surface area contributed by atoms with Gasteiger partial charge in [0.25, 0.3) is 11.8 Å². The lowest BCUT2D eigenvalue weighted by Gasteiger charge is -2.32. The van der Waals surface area contributed by atoms with E-state index in [0.717, 1.165) is 38.0 Å². The Morgan fingerprint density at radius 1 is 1.08 bits per heavy atom. The second kappa shape index (κ2) is 10.7. The number of nitrogens with one attached hydrogen (secondary N) is 2. The Bertz CT molecular complexity index is 1280. The number of anilines is 1. The van der Waals surface area contributed by atoms with Crippen LogP contribution in [0.25, 0.3) is 6.08 Å². The summed E-state index contributed by atoms with van der Waals surface area (Å²) in [5.74, 6) is 0.763. The van der Waals surface area contributed by atoms with E-state index < -0.39 is 0 Å². The van der Waals surface area contributed by atoms with Gasteiger partial charge in [-0.05, 0) is 48.7 Å². The third-order valence-corrected chi connectivity index (χ3v) is 6.53. The van der Waals surface area contributed by atoms with E-state index in [1.807, 2.05) is 30.3 Å². The minimum absolute atomic E-state index is 0.127. The lowest BCUT2D eigenvalue weighted by Crippen LogP contribution is -2.44. The molecule has 1 saturated heterocycles. The van der Waals surface area contributed by atoms with Gasteiger partial charge in [-0.2, -0.15) is 0 Å². The van der Waals surface area contributed by atoms with E-state index in [-0.39, 0.29) is 23.6 Å². The molecule has 0 radical (unpaired) electrons. The number of likely N-dealkylation sites (tertiary alicyclic amines) is 1. The van der Waals surface area contributed by atoms with Crippen molar-refractivity contribution in [1.82, 2.24) is 10.2 Å². The largest absolute Gasteiger partial charge is 0.496 e. The minimum Gasteiger partial charge on any atom is -0.496 e. The van der Waals surface area contributed by atoms with Gasteiger partial charge in [-0.15, -0.1) is 0 Å². The first-order chi connectivity index (χ1) is 17.6. The van der Waals surface area contributed by atoms with Gasteiger partial charge in [0.15, 0.2) is 11.5 Å². The lowest BCUT2D eigenvalue weighted by atomic mass is 10.0. The summed E-state index contributed by atoms with van der Waals surface area (Å²) < 4.78 is 11.2. The zero-order chi connectivity index (χ0) is 24.9. The second-order valence-electron chi connectivity index (χ2n) is 9.03. The van der Waals surface area contributed by atoms with Crippen molar-refractivity contribution in [2.45, 2.75) is 25.4 Å². The number of carbonyl (C=O) groups is 2. The Labute approximate surface area is 210 Å². The molecule has 1 fully saturated rings. The van der Waals surface area contributed by atoms with Crippen molar-refractivity contribution in [3.05, 3.63) is 95.2 Å². The van der Waals surface area contributed by atoms with E-state index in [4.69, 9.17) is 9.47 Å². The maximum atomic E-state index is 12.9. The summed E-state index contributed by atoms with van der Waals surface area (Å²) in [6, 6.07) is 23.0. The molecule has 3 aromatic rings. The fourth-order valence-corrected chi connectivity index (χ4v) is 4.57. The van der Waals surface area contributed by atoms with Crippen LogP contribution in [-0.4, -0.2) is 43.0 Å². The van der Waals surface area contributed by atoms with Crippen molar-refractivity contribution in [2.24, 2.45) is 0 Å². The number of fused-ring (bicyclic) bond motifs is 1. The maximum absolute atomic E-state index is 12.9. The molecule has 0 unspecified atom stereocenters. The van der Waals surface area contributed by atoms with Crippen molar-refractivity contribution in [1.29, 1.82) is 0 Å². The highest BCUT2D eigenvalue weighted by Crippen LogP contribution is 2.33. The Kier molecular flexibility index (Phi) is 7.00. The number of rotatable bonds is 6. The first kappa shape index (κ1) is 23.6. The Morgan fingerprint density at radius 2 is 1.83 bits per heavy atom. The number of nitrogens with zero attached hydrogens (tertiary/aromatic N) is 1. The minimum atomic E-state index is -0.378. The molecule has 2 heterocycles. The van der Waals surface area contributed by atoms with Gasteiger partial charge in [0.1, 0.15) is 5.75 Å². The molecular formula is C29H29N3O4. The molecule has 0 aromatic heterocycles. The van der Waals surface area contributed by atoms with Crippen LogP contribution in [0.3, 0.4) is 0 Å². The summed E-state index contributed by atoms with van der Waals surface area (Å²) in [6.07, 6.45) is 3.45. The molecule has 0 saturated carbocycles. The van der Waals surface area contributed by atoms with Gasteiger partial charge in [0.05, 0.1) is 12.8 Å².